The number of hydrogen-bond donors (Lipinski definition) is 1. The number of nitrogens with two attached hydrogens (primary N) is 1. The molecule has 1 heterocycles. The van der Waals surface area contributed by atoms with Crippen LogP contribution < -0.4 is 5.73 Å². The van der Waals surface area contributed by atoms with Gasteiger partial charge in [0.2, 0.25) is 0 Å². The summed E-state index contributed by atoms with van der Waals surface area (Å²) >= 11 is 3.53. The molecule has 3 nitrogen and oxygen atoms in total. The summed E-state index contributed by atoms with van der Waals surface area (Å²) in [6.07, 6.45) is 3.59. The molecule has 0 radical (unpaired) electrons. The Balaban J connectivity index is 2.58. The summed E-state index contributed by atoms with van der Waals surface area (Å²) in [5.41, 5.74) is 7.74. The summed E-state index contributed by atoms with van der Waals surface area (Å²) in [6, 6.07) is 8.01. The highest BCUT2D eigenvalue weighted by Crippen LogP contribution is 2.25. The first-order valence-electron chi connectivity index (χ1n) is 5.07. The molecule has 0 bridgehead atoms. The van der Waals surface area contributed by atoms with Gasteiger partial charge in [-0.3, -0.25) is 0 Å². The van der Waals surface area contributed by atoms with Crippen LogP contribution in [-0.4, -0.2) is 9.55 Å². The molecule has 0 aliphatic rings. The molecule has 0 unspecified atom stereocenters. The normalized spacial score (nSPS) is 11.8. The van der Waals surface area contributed by atoms with Gasteiger partial charge in [0.25, 0.3) is 0 Å². The third-order valence-corrected chi connectivity index (χ3v) is 3.08. The van der Waals surface area contributed by atoms with E-state index < -0.39 is 5.54 Å². The highest BCUT2D eigenvalue weighted by atomic mass is 79.9. The van der Waals surface area contributed by atoms with Crippen molar-refractivity contribution in [2.45, 2.75) is 19.4 Å². The monoisotopic (exact) mass is 279 g/mol. The molecule has 84 valence electrons. The van der Waals surface area contributed by atoms with E-state index in [2.05, 4.69) is 20.9 Å². The standard InChI is InChI=1S/C12H14BrN3/c1-12(2,14)11-7-15-8-16(11)10-6-4-3-5-9(10)13/h3-8H,14H2,1-2H3. The molecule has 0 amide bonds. The summed E-state index contributed by atoms with van der Waals surface area (Å²) in [7, 11) is 0. The number of benzene rings is 1. The Morgan fingerprint density at radius 2 is 2.00 bits per heavy atom. The number of para-hydroxylation sites is 1. The van der Waals surface area contributed by atoms with E-state index in [0.29, 0.717) is 0 Å². The minimum Gasteiger partial charge on any atom is -0.321 e. The average molecular weight is 280 g/mol. The summed E-state index contributed by atoms with van der Waals surface area (Å²) < 4.78 is 3.03. The minimum atomic E-state index is -0.411. The van der Waals surface area contributed by atoms with E-state index in [0.717, 1.165) is 15.9 Å². The van der Waals surface area contributed by atoms with E-state index in [4.69, 9.17) is 5.73 Å². The molecule has 4 heteroatoms. The van der Waals surface area contributed by atoms with Crippen LogP contribution in [0.15, 0.2) is 41.3 Å². The zero-order valence-electron chi connectivity index (χ0n) is 9.31. The Morgan fingerprint density at radius 3 is 2.62 bits per heavy atom. The second kappa shape index (κ2) is 4.03. The topological polar surface area (TPSA) is 43.8 Å². The van der Waals surface area contributed by atoms with Gasteiger partial charge in [-0.25, -0.2) is 4.98 Å². The highest BCUT2D eigenvalue weighted by molar-refractivity contribution is 9.10. The Bertz CT molecular complexity index is 497. The zero-order valence-corrected chi connectivity index (χ0v) is 10.9. The van der Waals surface area contributed by atoms with Crippen LogP contribution in [0.1, 0.15) is 19.5 Å². The van der Waals surface area contributed by atoms with Crippen molar-refractivity contribution in [3.63, 3.8) is 0 Å². The summed E-state index contributed by atoms with van der Waals surface area (Å²) in [5, 5.41) is 0. The van der Waals surface area contributed by atoms with Gasteiger partial charge in [-0.1, -0.05) is 12.1 Å². The smallest absolute Gasteiger partial charge is 0.0995 e. The Labute approximate surface area is 103 Å². The van der Waals surface area contributed by atoms with E-state index in [1.54, 1.807) is 12.5 Å². The first-order chi connectivity index (χ1) is 7.50. The number of halogens is 1. The predicted molar refractivity (Wildman–Crippen MR) is 68.5 cm³/mol. The van der Waals surface area contributed by atoms with Crippen molar-refractivity contribution >= 4 is 15.9 Å². The maximum absolute atomic E-state index is 6.11. The molecule has 0 spiro atoms. The van der Waals surface area contributed by atoms with E-state index in [1.807, 2.05) is 42.7 Å². The van der Waals surface area contributed by atoms with Crippen molar-refractivity contribution in [2.24, 2.45) is 5.73 Å². The largest absolute Gasteiger partial charge is 0.321 e. The van der Waals surface area contributed by atoms with E-state index >= 15 is 0 Å². The molecule has 1 aromatic carbocycles. The summed E-state index contributed by atoms with van der Waals surface area (Å²) in [6.45, 7) is 3.94. The first-order valence-corrected chi connectivity index (χ1v) is 5.86. The molecule has 2 rings (SSSR count). The fourth-order valence-electron chi connectivity index (χ4n) is 1.61. The van der Waals surface area contributed by atoms with Crippen molar-refractivity contribution in [1.29, 1.82) is 0 Å². The van der Waals surface area contributed by atoms with Crippen molar-refractivity contribution in [3.8, 4) is 5.69 Å². The summed E-state index contributed by atoms with van der Waals surface area (Å²) in [5.74, 6) is 0. The van der Waals surface area contributed by atoms with Crippen molar-refractivity contribution in [2.75, 3.05) is 0 Å². The quantitative estimate of drug-likeness (QED) is 0.919. The molecule has 0 saturated heterocycles. The molecular formula is C12H14BrN3. The molecule has 2 N–H and O–H groups in total. The van der Waals surface area contributed by atoms with Gasteiger partial charge in [0.1, 0.15) is 0 Å². The molecule has 2 aromatic rings. The second-order valence-corrected chi connectivity index (χ2v) is 5.18. The number of hydrogen-bond acceptors (Lipinski definition) is 2. The van der Waals surface area contributed by atoms with Gasteiger partial charge in [-0.15, -0.1) is 0 Å². The van der Waals surface area contributed by atoms with Gasteiger partial charge < -0.3 is 10.3 Å². The van der Waals surface area contributed by atoms with E-state index in [-0.39, 0.29) is 0 Å². The van der Waals surface area contributed by atoms with Crippen molar-refractivity contribution < 1.29 is 0 Å². The fraction of sp³-hybridized carbons (Fsp3) is 0.250. The van der Waals surface area contributed by atoms with Crippen LogP contribution in [0.4, 0.5) is 0 Å². The maximum atomic E-state index is 6.11. The van der Waals surface area contributed by atoms with Crippen LogP contribution in [0.2, 0.25) is 0 Å². The Hall–Kier alpha value is -1.13. The van der Waals surface area contributed by atoms with Gasteiger partial charge in [0, 0.05) is 4.47 Å². The Kier molecular flexibility index (Phi) is 2.86. The number of rotatable bonds is 2. The van der Waals surface area contributed by atoms with Gasteiger partial charge >= 0.3 is 0 Å². The molecule has 0 aliphatic heterocycles. The molecule has 16 heavy (non-hydrogen) atoms. The third kappa shape index (κ3) is 2.03. The first kappa shape index (κ1) is 11.4. The highest BCUT2D eigenvalue weighted by Gasteiger charge is 2.20. The lowest BCUT2D eigenvalue weighted by Crippen LogP contribution is -2.31. The van der Waals surface area contributed by atoms with Gasteiger partial charge in [0.15, 0.2) is 0 Å². The van der Waals surface area contributed by atoms with Crippen LogP contribution in [0, 0.1) is 0 Å². The van der Waals surface area contributed by atoms with Crippen LogP contribution >= 0.6 is 15.9 Å². The predicted octanol–water partition coefficient (Wildman–Crippen LogP) is 2.83. The van der Waals surface area contributed by atoms with Crippen molar-refractivity contribution in [3.05, 3.63) is 47.0 Å². The molecule has 0 aliphatic carbocycles. The number of imidazole rings is 1. The SMILES string of the molecule is CC(C)(N)c1cncn1-c1ccccc1Br. The number of aromatic nitrogens is 2. The zero-order chi connectivity index (χ0) is 11.8. The molecule has 0 atom stereocenters. The fourth-order valence-corrected chi connectivity index (χ4v) is 2.09. The molecule has 0 saturated carbocycles. The van der Waals surface area contributed by atoms with Gasteiger partial charge in [-0.2, -0.15) is 0 Å². The Morgan fingerprint density at radius 1 is 1.31 bits per heavy atom. The molecule has 0 fully saturated rings. The van der Waals surface area contributed by atoms with Crippen LogP contribution in [0.3, 0.4) is 0 Å². The van der Waals surface area contributed by atoms with Gasteiger partial charge in [0.05, 0.1) is 29.4 Å². The number of nitrogens with zero attached hydrogens (tertiary/aromatic N) is 2. The van der Waals surface area contributed by atoms with Crippen LogP contribution in [0.25, 0.3) is 5.69 Å². The second-order valence-electron chi connectivity index (χ2n) is 4.32. The minimum absolute atomic E-state index is 0.411. The lowest BCUT2D eigenvalue weighted by molar-refractivity contribution is 0.524. The molecule has 1 aromatic heterocycles. The van der Waals surface area contributed by atoms with Crippen LogP contribution in [-0.2, 0) is 5.54 Å². The lowest BCUT2D eigenvalue weighted by atomic mass is 10.0. The summed E-state index contributed by atoms with van der Waals surface area (Å²) in [4.78, 5) is 4.17. The average Bonchev–Trinajstić information content (AvgIpc) is 2.66. The van der Waals surface area contributed by atoms with E-state index in [1.165, 1.54) is 0 Å². The lowest BCUT2D eigenvalue weighted by Gasteiger charge is -2.21. The van der Waals surface area contributed by atoms with Crippen LogP contribution in [0.5, 0.6) is 0 Å². The van der Waals surface area contributed by atoms with Crippen molar-refractivity contribution in [1.82, 2.24) is 9.55 Å². The van der Waals surface area contributed by atoms with Gasteiger partial charge in [-0.05, 0) is 41.9 Å². The third-order valence-electron chi connectivity index (χ3n) is 2.41. The maximum Gasteiger partial charge on any atom is 0.0995 e. The van der Waals surface area contributed by atoms with E-state index in [9.17, 15) is 0 Å². The molecular weight excluding hydrogens is 266 g/mol.